The molecule has 0 saturated heterocycles. The fourth-order valence-corrected chi connectivity index (χ4v) is 1.85. The van der Waals surface area contributed by atoms with Gasteiger partial charge in [0.2, 0.25) is 0 Å². The van der Waals surface area contributed by atoms with Crippen LogP contribution in [-0.4, -0.2) is 48.6 Å². The van der Waals surface area contributed by atoms with E-state index in [1.54, 1.807) is 20.8 Å². The SMILES string of the molecule is CCOC(OCC)(OCC)C(CCO)CC(=O)O. The summed E-state index contributed by atoms with van der Waals surface area (Å²) in [7, 11) is 0. The summed E-state index contributed by atoms with van der Waals surface area (Å²) in [5.74, 6) is -2.92. The molecule has 108 valence electrons. The average molecular weight is 264 g/mol. The summed E-state index contributed by atoms with van der Waals surface area (Å²) in [6.45, 7) is 6.20. The first-order chi connectivity index (χ1) is 8.56. The van der Waals surface area contributed by atoms with Crippen LogP contribution in [0.25, 0.3) is 0 Å². The van der Waals surface area contributed by atoms with Gasteiger partial charge in [0.15, 0.2) is 0 Å². The van der Waals surface area contributed by atoms with E-state index in [2.05, 4.69) is 0 Å². The first-order valence-corrected chi connectivity index (χ1v) is 6.30. The normalized spacial score (nSPS) is 13.6. The highest BCUT2D eigenvalue weighted by atomic mass is 16.9. The molecule has 2 N–H and O–H groups in total. The highest BCUT2D eigenvalue weighted by molar-refractivity contribution is 5.67. The molecule has 0 heterocycles. The van der Waals surface area contributed by atoms with E-state index in [1.807, 2.05) is 0 Å². The Kier molecular flexibility index (Phi) is 8.91. The lowest BCUT2D eigenvalue weighted by Gasteiger charge is -2.38. The summed E-state index contributed by atoms with van der Waals surface area (Å²) < 4.78 is 16.5. The summed E-state index contributed by atoms with van der Waals surface area (Å²) in [6.07, 6.45) is 0.0624. The van der Waals surface area contributed by atoms with Crippen LogP contribution in [0.4, 0.5) is 0 Å². The highest BCUT2D eigenvalue weighted by Gasteiger charge is 2.42. The Morgan fingerprint density at radius 1 is 1.11 bits per heavy atom. The fourth-order valence-electron chi connectivity index (χ4n) is 1.85. The number of hydrogen-bond acceptors (Lipinski definition) is 5. The van der Waals surface area contributed by atoms with Gasteiger partial charge in [0.05, 0.1) is 12.3 Å². The number of aliphatic carboxylic acids is 1. The smallest absolute Gasteiger partial charge is 0.303 e. The molecule has 0 amide bonds. The van der Waals surface area contributed by atoms with Gasteiger partial charge < -0.3 is 24.4 Å². The van der Waals surface area contributed by atoms with Crippen molar-refractivity contribution in [1.29, 1.82) is 0 Å². The van der Waals surface area contributed by atoms with Crippen LogP contribution in [-0.2, 0) is 19.0 Å². The maximum Gasteiger partial charge on any atom is 0.303 e. The molecule has 0 bridgehead atoms. The van der Waals surface area contributed by atoms with Gasteiger partial charge in [-0.25, -0.2) is 0 Å². The van der Waals surface area contributed by atoms with Crippen LogP contribution in [0.1, 0.15) is 33.6 Å². The lowest BCUT2D eigenvalue weighted by atomic mass is 9.98. The molecular formula is C12H24O6. The summed E-state index contributed by atoms with van der Waals surface area (Å²) in [4.78, 5) is 10.9. The molecule has 0 aliphatic heterocycles. The largest absolute Gasteiger partial charge is 0.481 e. The van der Waals surface area contributed by atoms with Crippen molar-refractivity contribution >= 4 is 5.97 Å². The molecule has 6 heteroatoms. The topological polar surface area (TPSA) is 85.2 Å². The number of aliphatic hydroxyl groups excluding tert-OH is 1. The third-order valence-corrected chi connectivity index (χ3v) is 2.44. The predicted octanol–water partition coefficient (Wildman–Crippen LogP) is 1.22. The Morgan fingerprint density at radius 2 is 1.56 bits per heavy atom. The van der Waals surface area contributed by atoms with Gasteiger partial charge in [-0.15, -0.1) is 0 Å². The number of carboxylic acids is 1. The molecule has 0 saturated carbocycles. The number of ether oxygens (including phenoxy) is 3. The molecule has 0 aliphatic rings. The maximum absolute atomic E-state index is 10.9. The first-order valence-electron chi connectivity index (χ1n) is 6.30. The minimum Gasteiger partial charge on any atom is -0.481 e. The minimum absolute atomic E-state index is 0.146. The Hall–Kier alpha value is -0.690. The number of aliphatic hydroxyl groups is 1. The second-order valence-corrected chi connectivity index (χ2v) is 3.71. The van der Waals surface area contributed by atoms with E-state index in [-0.39, 0.29) is 19.4 Å². The van der Waals surface area contributed by atoms with Crippen molar-refractivity contribution in [3.05, 3.63) is 0 Å². The second kappa shape index (κ2) is 9.27. The zero-order chi connectivity index (χ0) is 14.0. The number of hydrogen-bond donors (Lipinski definition) is 2. The van der Waals surface area contributed by atoms with E-state index in [1.165, 1.54) is 0 Å². The molecule has 0 rings (SSSR count). The Bertz CT molecular complexity index is 214. The number of carboxylic acid groups (broad SMARTS) is 1. The first kappa shape index (κ1) is 17.3. The van der Waals surface area contributed by atoms with Gasteiger partial charge in [0.1, 0.15) is 0 Å². The summed E-state index contributed by atoms with van der Waals surface area (Å²) in [6, 6.07) is 0. The number of rotatable bonds is 11. The zero-order valence-corrected chi connectivity index (χ0v) is 11.3. The van der Waals surface area contributed by atoms with Gasteiger partial charge in [-0.1, -0.05) is 0 Å². The van der Waals surface area contributed by atoms with Crippen molar-refractivity contribution in [2.45, 2.75) is 39.6 Å². The molecule has 1 atom stereocenters. The van der Waals surface area contributed by atoms with E-state index in [0.717, 1.165) is 0 Å². The molecule has 0 aromatic heterocycles. The van der Waals surface area contributed by atoms with Crippen molar-refractivity contribution in [3.63, 3.8) is 0 Å². The van der Waals surface area contributed by atoms with Gasteiger partial charge in [-0.2, -0.15) is 0 Å². The molecule has 0 aromatic carbocycles. The van der Waals surface area contributed by atoms with Gasteiger partial charge in [0, 0.05) is 26.4 Å². The lowest BCUT2D eigenvalue weighted by Crippen LogP contribution is -2.47. The Balaban J connectivity index is 5.06. The standard InChI is InChI=1S/C12H24O6/c1-4-16-12(17-5-2,18-6-3)10(7-8-13)9-11(14)15/h10,13H,4-9H2,1-3H3,(H,14,15). The van der Waals surface area contributed by atoms with E-state index >= 15 is 0 Å². The maximum atomic E-state index is 10.9. The summed E-state index contributed by atoms with van der Waals surface area (Å²) in [5, 5.41) is 18.0. The van der Waals surface area contributed by atoms with E-state index < -0.39 is 17.9 Å². The number of carbonyl (C=O) groups is 1. The van der Waals surface area contributed by atoms with Crippen LogP contribution < -0.4 is 0 Å². The molecule has 0 fully saturated rings. The monoisotopic (exact) mass is 264 g/mol. The van der Waals surface area contributed by atoms with Gasteiger partial charge in [-0.05, 0) is 27.2 Å². The van der Waals surface area contributed by atoms with E-state index in [9.17, 15) is 4.79 Å². The molecule has 0 aromatic rings. The lowest BCUT2D eigenvalue weighted by molar-refractivity contribution is -0.402. The third-order valence-electron chi connectivity index (χ3n) is 2.44. The Labute approximate surface area is 108 Å². The molecule has 1 unspecified atom stereocenters. The third kappa shape index (κ3) is 5.30. The van der Waals surface area contributed by atoms with Crippen LogP contribution in [0.2, 0.25) is 0 Å². The van der Waals surface area contributed by atoms with Gasteiger partial charge >= 0.3 is 5.97 Å². The zero-order valence-electron chi connectivity index (χ0n) is 11.3. The van der Waals surface area contributed by atoms with Gasteiger partial charge in [-0.3, -0.25) is 4.79 Å². The molecule has 0 aliphatic carbocycles. The van der Waals surface area contributed by atoms with Crippen molar-refractivity contribution in [2.24, 2.45) is 5.92 Å². The average Bonchev–Trinajstić information content (AvgIpc) is 2.29. The predicted molar refractivity (Wildman–Crippen MR) is 65.1 cm³/mol. The molecular weight excluding hydrogens is 240 g/mol. The Morgan fingerprint density at radius 3 is 1.83 bits per heavy atom. The molecule has 0 radical (unpaired) electrons. The van der Waals surface area contributed by atoms with Crippen LogP contribution in [0, 0.1) is 5.92 Å². The van der Waals surface area contributed by atoms with Crippen molar-refractivity contribution in [3.8, 4) is 0 Å². The second-order valence-electron chi connectivity index (χ2n) is 3.71. The fraction of sp³-hybridized carbons (Fsp3) is 0.917. The van der Waals surface area contributed by atoms with Crippen molar-refractivity contribution in [1.82, 2.24) is 0 Å². The minimum atomic E-state index is -1.39. The van der Waals surface area contributed by atoms with Crippen molar-refractivity contribution in [2.75, 3.05) is 26.4 Å². The summed E-state index contributed by atoms with van der Waals surface area (Å²) in [5.41, 5.74) is 0. The van der Waals surface area contributed by atoms with Crippen LogP contribution in [0.5, 0.6) is 0 Å². The van der Waals surface area contributed by atoms with Crippen molar-refractivity contribution < 1.29 is 29.2 Å². The van der Waals surface area contributed by atoms with E-state index in [0.29, 0.717) is 19.8 Å². The quantitative estimate of drug-likeness (QED) is 0.546. The van der Waals surface area contributed by atoms with Gasteiger partial charge in [0.25, 0.3) is 5.97 Å². The summed E-state index contributed by atoms with van der Waals surface area (Å²) >= 11 is 0. The molecule has 6 nitrogen and oxygen atoms in total. The van der Waals surface area contributed by atoms with E-state index in [4.69, 9.17) is 24.4 Å². The molecule has 18 heavy (non-hydrogen) atoms. The van der Waals surface area contributed by atoms with Crippen LogP contribution in [0.3, 0.4) is 0 Å². The highest BCUT2D eigenvalue weighted by Crippen LogP contribution is 2.31. The van der Waals surface area contributed by atoms with Crippen LogP contribution in [0.15, 0.2) is 0 Å². The molecule has 0 spiro atoms. The van der Waals surface area contributed by atoms with Crippen LogP contribution >= 0.6 is 0 Å².